The van der Waals surface area contributed by atoms with E-state index < -0.39 is 84.8 Å². The van der Waals surface area contributed by atoms with E-state index in [-0.39, 0.29) is 34.0 Å². The number of halogens is 7. The van der Waals surface area contributed by atoms with Crippen molar-refractivity contribution in [3.63, 3.8) is 0 Å². The Morgan fingerprint density at radius 3 is 2.40 bits per heavy atom. The smallest absolute Gasteiger partial charge is 0.387 e. The minimum atomic E-state index is -10.1. The fraction of sp³-hybridized carbons (Fsp3) is 0.400. The Kier molecular flexibility index (Phi) is 9.22. The fourth-order valence-electron chi connectivity index (χ4n) is 4.24. The lowest BCUT2D eigenvalue weighted by molar-refractivity contribution is -0.261. The Morgan fingerprint density at radius 2 is 1.82 bits per heavy atom. The van der Waals surface area contributed by atoms with Gasteiger partial charge in [-0.1, -0.05) is 37.1 Å². The number of ether oxygens (including phenoxy) is 1. The zero-order chi connectivity index (χ0) is 33.8. The van der Waals surface area contributed by atoms with Crippen LogP contribution in [0.2, 0.25) is 5.15 Å². The van der Waals surface area contributed by atoms with Crippen molar-refractivity contribution in [1.82, 2.24) is 14.8 Å². The molecule has 6 N–H and O–H groups in total. The average Bonchev–Trinajstić information content (AvgIpc) is 3.42. The predicted octanol–water partition coefficient (Wildman–Crippen LogP) is 5.44. The first kappa shape index (κ1) is 35.8. The molecule has 0 saturated carbocycles. The monoisotopic (exact) mass is 738 g/mol. The highest BCUT2D eigenvalue weighted by Gasteiger charge is 2.65. The average molecular weight is 739 g/mol. The maximum absolute atomic E-state index is 14.6. The van der Waals surface area contributed by atoms with Gasteiger partial charge in [0.1, 0.15) is 40.8 Å². The van der Waals surface area contributed by atoms with E-state index in [1.165, 1.54) is 19.2 Å². The van der Waals surface area contributed by atoms with Crippen LogP contribution in [-0.2, 0) is 28.1 Å². The van der Waals surface area contributed by atoms with Gasteiger partial charge in [-0.2, -0.15) is 5.10 Å². The summed E-state index contributed by atoms with van der Waals surface area (Å²) in [4.78, 5) is 24.1. The van der Waals surface area contributed by atoms with Gasteiger partial charge in [-0.3, -0.25) is 9.13 Å². The van der Waals surface area contributed by atoms with Crippen LogP contribution in [0.3, 0.4) is 0 Å². The van der Waals surface area contributed by atoms with E-state index in [0.717, 1.165) is 4.68 Å². The molecule has 1 aromatic carbocycles. The van der Waals surface area contributed by atoms with Crippen LogP contribution >= 0.6 is 37.0 Å². The number of aromatic nitrogens is 3. The van der Waals surface area contributed by atoms with Crippen LogP contribution in [0.25, 0.3) is 11.0 Å². The summed E-state index contributed by atoms with van der Waals surface area (Å²) >= 11 is 6.11. The van der Waals surface area contributed by atoms with Crippen molar-refractivity contribution in [2.45, 2.75) is 42.4 Å². The van der Waals surface area contributed by atoms with Crippen molar-refractivity contribution in [2.24, 2.45) is 0 Å². The highest BCUT2D eigenvalue weighted by molar-refractivity contribution is 8.45. The molecule has 1 unspecified atom stereocenters. The zero-order valence-corrected chi connectivity index (χ0v) is 25.5. The second kappa shape index (κ2) is 11.6. The Balaban J connectivity index is 1.53. The van der Waals surface area contributed by atoms with Crippen molar-refractivity contribution in [3.8, 4) is 0 Å². The predicted molar refractivity (Wildman–Crippen MR) is 144 cm³/mol. The van der Waals surface area contributed by atoms with Gasteiger partial charge in [-0.25, -0.2) is 24.2 Å². The molecule has 0 amide bonds. The lowest BCUT2D eigenvalue weighted by Crippen LogP contribution is -2.34. The number of fused-ring (bicyclic) bond motifs is 1. The molecule has 45 heavy (non-hydrogen) atoms. The van der Waals surface area contributed by atoms with Gasteiger partial charge in [0.25, 0.3) is 0 Å². The number of anilines is 1. The number of nitrogens with one attached hydrogen (secondary N) is 1. The highest BCUT2D eigenvalue weighted by Crippen LogP contribution is 3.02. The van der Waals surface area contributed by atoms with Gasteiger partial charge < -0.3 is 30.1 Å². The molecule has 0 radical (unpaired) electrons. The summed E-state index contributed by atoms with van der Waals surface area (Å²) in [7, 11) is -20.0. The number of aliphatic hydroxyl groups is 2. The van der Waals surface area contributed by atoms with Crippen LogP contribution < -0.4 is 5.32 Å². The number of nitrogens with zero attached hydrogens (tertiary/aromatic N) is 3. The van der Waals surface area contributed by atoms with E-state index in [1.54, 1.807) is 0 Å². The Hall–Kier alpha value is -2.04. The molecule has 1 aliphatic rings. The Morgan fingerprint density at radius 1 is 1.16 bits per heavy atom. The molecule has 1 fully saturated rings. The summed E-state index contributed by atoms with van der Waals surface area (Å²) < 4.78 is 117. The molecule has 254 valence electrons. The van der Waals surface area contributed by atoms with Crippen LogP contribution in [0.15, 0.2) is 35.4 Å². The van der Waals surface area contributed by atoms with Crippen LogP contribution in [0.5, 0.6) is 0 Å². The maximum atomic E-state index is 14.6. The number of aliphatic hydroxyl groups excluding tert-OH is 2. The second-order valence-corrected chi connectivity index (χ2v) is 16.5. The molecular formula is C20H23ClF6N4O11P2S. The van der Waals surface area contributed by atoms with E-state index in [9.17, 15) is 43.2 Å². The van der Waals surface area contributed by atoms with Crippen molar-refractivity contribution in [1.29, 1.82) is 0 Å². The second-order valence-electron chi connectivity index (χ2n) is 9.74. The third-order valence-electron chi connectivity index (χ3n) is 6.25. The van der Waals surface area contributed by atoms with Gasteiger partial charge in [-0.05, 0) is 25.1 Å². The summed E-state index contributed by atoms with van der Waals surface area (Å²) in [6, 6.07) is 0.431. The molecule has 25 heteroatoms. The normalized spacial score (nSPS) is 24.6. The fourth-order valence-corrected chi connectivity index (χ4v) is 7.53. The molecule has 4 rings (SSSR count). The molecule has 1 aliphatic heterocycles. The lowest BCUT2D eigenvalue weighted by atomic mass is 10.1. The highest BCUT2D eigenvalue weighted by atomic mass is 35.5. The van der Waals surface area contributed by atoms with Gasteiger partial charge in [-0.15, -0.1) is 9.35 Å². The van der Waals surface area contributed by atoms with Crippen LogP contribution in [0.1, 0.15) is 24.8 Å². The Bertz CT molecular complexity index is 1700. The summed E-state index contributed by atoms with van der Waals surface area (Å²) in [6.07, 6.45) is -5.26. The maximum Gasteiger partial charge on any atom is 0.396 e. The zero-order valence-electron chi connectivity index (χ0n) is 22.2. The summed E-state index contributed by atoms with van der Waals surface area (Å²) in [5.41, 5.74) is -0.414. The third kappa shape index (κ3) is 8.28. The minimum absolute atomic E-state index is 0.0634. The first-order valence-electron chi connectivity index (χ1n) is 12.0. The molecule has 2 aromatic heterocycles. The van der Waals surface area contributed by atoms with E-state index in [2.05, 4.69) is 29.6 Å². The van der Waals surface area contributed by atoms with E-state index in [4.69, 9.17) is 31.4 Å². The summed E-state index contributed by atoms with van der Waals surface area (Å²) in [5, 5.41) is 36.5. The summed E-state index contributed by atoms with van der Waals surface area (Å²) in [5.74, 6) is -3.12. The number of hydrogen-bond acceptors (Lipinski definition) is 12. The minimum Gasteiger partial charge on any atom is -0.387 e. The van der Waals surface area contributed by atoms with E-state index in [1.807, 2.05) is 0 Å². The van der Waals surface area contributed by atoms with Crippen LogP contribution in [0, 0.1) is 5.82 Å². The quantitative estimate of drug-likeness (QED) is 0.0449. The standard InChI is InChI=1S/C20H23ClF6N4O11P2S/c1-9(11-3-2-10(4-13(11)22)45(23,24,25,26)27)29-14-5-16(21)30-19-12(14)6-28-31(19)20-18(33)17(32)15(40-20)7-39-42-44(38,41-34)8-43(35,36)37/h2-6,9,15,17-18,20,32-34H,7-8H2,1H3,(H,29,30)(H2,35,36,37)/t9-,15+,17+,18+,20+,44?/m0/s1. The largest absolute Gasteiger partial charge is 0.396 e. The van der Waals surface area contributed by atoms with Gasteiger partial charge in [0, 0.05) is 5.56 Å². The van der Waals surface area contributed by atoms with Gasteiger partial charge >= 0.3 is 25.4 Å². The SMILES string of the molecule is C[C@H](Nc1cc(Cl)nc2c1cnn2[C@@H]1O[C@H](COOP(=O)(CP(=O)(O)O)OO)[C@@H](O)[C@H]1O)c1ccc(S(F)(F)(F)(F)F)cc1F. The van der Waals surface area contributed by atoms with Gasteiger partial charge in [0.05, 0.1) is 23.3 Å². The molecule has 3 aromatic rings. The molecular weight excluding hydrogens is 716 g/mol. The molecule has 1 saturated heterocycles. The molecule has 0 spiro atoms. The number of pyridine rings is 1. The van der Waals surface area contributed by atoms with Crippen molar-refractivity contribution in [2.75, 3.05) is 17.8 Å². The van der Waals surface area contributed by atoms with Crippen molar-refractivity contribution >= 4 is 53.7 Å². The van der Waals surface area contributed by atoms with E-state index >= 15 is 0 Å². The topological polar surface area (TPSA) is 215 Å². The number of benzene rings is 1. The van der Waals surface area contributed by atoms with Gasteiger partial charge in [0.15, 0.2) is 17.8 Å². The number of rotatable bonds is 12. The van der Waals surface area contributed by atoms with Gasteiger partial charge in [0.2, 0.25) is 0 Å². The first-order valence-corrected chi connectivity index (χ1v) is 17.9. The molecule has 15 nitrogen and oxygen atoms in total. The first-order chi connectivity index (χ1) is 20.4. The molecule has 6 atom stereocenters. The molecule has 0 bridgehead atoms. The molecule has 0 aliphatic carbocycles. The van der Waals surface area contributed by atoms with E-state index in [0.29, 0.717) is 6.07 Å². The Labute approximate surface area is 252 Å². The number of hydrogen-bond donors (Lipinski definition) is 6. The third-order valence-corrected chi connectivity index (χ3v) is 11.0. The van der Waals surface area contributed by atoms with Crippen LogP contribution in [-0.4, -0.2) is 70.8 Å². The lowest BCUT2D eigenvalue weighted by Gasteiger charge is -2.40. The molecule has 3 heterocycles. The van der Waals surface area contributed by atoms with Crippen LogP contribution in [0.4, 0.5) is 29.5 Å². The summed E-state index contributed by atoms with van der Waals surface area (Å²) in [6.45, 7) is 0.489. The van der Waals surface area contributed by atoms with Crippen molar-refractivity contribution < 1.29 is 77.2 Å². The van der Waals surface area contributed by atoms with Crippen molar-refractivity contribution in [3.05, 3.63) is 47.0 Å².